The van der Waals surface area contributed by atoms with E-state index in [9.17, 15) is 13.2 Å². The number of hydrogen-bond donors (Lipinski definition) is 0. The summed E-state index contributed by atoms with van der Waals surface area (Å²) in [6.07, 6.45) is -4.76. The minimum absolute atomic E-state index is 0.192. The Bertz CT molecular complexity index is 423. The fourth-order valence-electron chi connectivity index (χ4n) is 1.39. The maximum absolute atomic E-state index is 12.2. The monoisotopic (exact) mass is 244 g/mol. The molecular formula is C11H11F3N2O. The quantitative estimate of drug-likeness (QED) is 0.820. The molecule has 0 aliphatic rings. The Morgan fingerprint density at radius 3 is 2.35 bits per heavy atom. The van der Waals surface area contributed by atoms with E-state index >= 15 is 0 Å². The van der Waals surface area contributed by atoms with E-state index in [2.05, 4.69) is 4.74 Å². The van der Waals surface area contributed by atoms with Crippen molar-refractivity contribution in [1.29, 1.82) is 5.26 Å². The lowest BCUT2D eigenvalue weighted by Gasteiger charge is -2.20. The van der Waals surface area contributed by atoms with Crippen molar-refractivity contribution in [3.63, 3.8) is 0 Å². The summed E-state index contributed by atoms with van der Waals surface area (Å²) in [7, 11) is 3.22. The lowest BCUT2D eigenvalue weighted by Crippen LogP contribution is -2.22. The highest BCUT2D eigenvalue weighted by Crippen LogP contribution is 2.31. The van der Waals surface area contributed by atoms with Gasteiger partial charge in [-0.1, -0.05) is 18.2 Å². The lowest BCUT2D eigenvalue weighted by atomic mass is 10.1. The predicted molar refractivity (Wildman–Crippen MR) is 55.2 cm³/mol. The Labute approximate surface area is 97.0 Å². The summed E-state index contributed by atoms with van der Waals surface area (Å²) in [5.41, 5.74) is 0.192. The molecule has 0 aliphatic heterocycles. The van der Waals surface area contributed by atoms with Gasteiger partial charge in [-0.15, -0.1) is 13.2 Å². The third kappa shape index (κ3) is 3.64. The highest BCUT2D eigenvalue weighted by atomic mass is 19.4. The molecule has 1 aromatic rings. The molecule has 1 aromatic carbocycles. The van der Waals surface area contributed by atoms with Gasteiger partial charge in [0, 0.05) is 5.56 Å². The van der Waals surface area contributed by atoms with Gasteiger partial charge in [0.15, 0.2) is 0 Å². The second-order valence-corrected chi connectivity index (χ2v) is 3.58. The summed E-state index contributed by atoms with van der Waals surface area (Å²) in [5, 5.41) is 8.94. The zero-order valence-electron chi connectivity index (χ0n) is 9.32. The van der Waals surface area contributed by atoms with Crippen LogP contribution in [0.2, 0.25) is 0 Å². The SMILES string of the molecule is CN(C)C(C#N)c1ccccc1OC(F)(F)F. The largest absolute Gasteiger partial charge is 0.573 e. The van der Waals surface area contributed by atoms with E-state index in [1.807, 2.05) is 6.07 Å². The van der Waals surface area contributed by atoms with Crippen molar-refractivity contribution in [2.75, 3.05) is 14.1 Å². The summed E-state index contributed by atoms with van der Waals surface area (Å²) in [6.45, 7) is 0. The third-order valence-corrected chi connectivity index (χ3v) is 2.08. The highest BCUT2D eigenvalue weighted by Gasteiger charge is 2.33. The van der Waals surface area contributed by atoms with Crippen LogP contribution in [0.4, 0.5) is 13.2 Å². The molecular weight excluding hydrogens is 233 g/mol. The molecule has 1 unspecified atom stereocenters. The standard InChI is InChI=1S/C11H11F3N2O/c1-16(2)9(7-15)8-5-3-4-6-10(8)17-11(12,13)14/h3-6,9H,1-2H3. The number of hydrogen-bond acceptors (Lipinski definition) is 3. The molecule has 0 saturated carbocycles. The van der Waals surface area contributed by atoms with Crippen LogP contribution in [0.1, 0.15) is 11.6 Å². The first kappa shape index (κ1) is 13.3. The maximum atomic E-state index is 12.2. The molecule has 0 bridgehead atoms. The molecule has 17 heavy (non-hydrogen) atoms. The zero-order chi connectivity index (χ0) is 13.1. The summed E-state index contributed by atoms with van der Waals surface area (Å²) >= 11 is 0. The fraction of sp³-hybridized carbons (Fsp3) is 0.364. The average molecular weight is 244 g/mol. The second-order valence-electron chi connectivity index (χ2n) is 3.58. The first-order chi connectivity index (χ1) is 7.85. The maximum Gasteiger partial charge on any atom is 0.573 e. The predicted octanol–water partition coefficient (Wildman–Crippen LogP) is 2.71. The minimum atomic E-state index is -4.76. The molecule has 0 spiro atoms. The van der Waals surface area contributed by atoms with Crippen LogP contribution in [-0.2, 0) is 0 Å². The number of para-hydroxylation sites is 1. The van der Waals surface area contributed by atoms with Crippen molar-refractivity contribution in [3.05, 3.63) is 29.8 Å². The molecule has 3 nitrogen and oxygen atoms in total. The molecule has 0 fully saturated rings. The molecule has 6 heteroatoms. The summed E-state index contributed by atoms with van der Waals surface area (Å²) in [6, 6.07) is 6.76. The Morgan fingerprint density at radius 2 is 1.88 bits per heavy atom. The molecule has 0 heterocycles. The van der Waals surface area contributed by atoms with Crippen molar-refractivity contribution < 1.29 is 17.9 Å². The van der Waals surface area contributed by atoms with Crippen LogP contribution in [-0.4, -0.2) is 25.4 Å². The van der Waals surface area contributed by atoms with Crippen LogP contribution in [0.5, 0.6) is 5.75 Å². The van der Waals surface area contributed by atoms with Gasteiger partial charge in [0.1, 0.15) is 11.8 Å². The first-order valence-corrected chi connectivity index (χ1v) is 4.76. The van der Waals surface area contributed by atoms with E-state index in [0.29, 0.717) is 0 Å². The van der Waals surface area contributed by atoms with E-state index < -0.39 is 12.4 Å². The summed E-state index contributed by atoms with van der Waals surface area (Å²) in [4.78, 5) is 1.51. The smallest absolute Gasteiger partial charge is 0.405 e. The van der Waals surface area contributed by atoms with E-state index in [4.69, 9.17) is 5.26 Å². The molecule has 0 amide bonds. The number of alkyl halides is 3. The summed E-state index contributed by atoms with van der Waals surface area (Å²) in [5.74, 6) is -0.347. The Morgan fingerprint density at radius 1 is 1.29 bits per heavy atom. The Balaban J connectivity index is 3.12. The van der Waals surface area contributed by atoms with Crippen LogP contribution in [0, 0.1) is 11.3 Å². The molecule has 0 radical (unpaired) electrons. The van der Waals surface area contributed by atoms with Crippen LogP contribution in [0.3, 0.4) is 0 Å². The number of benzene rings is 1. The topological polar surface area (TPSA) is 36.3 Å². The number of ether oxygens (including phenoxy) is 1. The number of halogens is 3. The molecule has 0 aromatic heterocycles. The minimum Gasteiger partial charge on any atom is -0.405 e. The van der Waals surface area contributed by atoms with E-state index in [1.54, 1.807) is 20.2 Å². The van der Waals surface area contributed by atoms with Crippen LogP contribution >= 0.6 is 0 Å². The number of nitriles is 1. The van der Waals surface area contributed by atoms with Crippen LogP contribution < -0.4 is 4.74 Å². The van der Waals surface area contributed by atoms with Crippen molar-refractivity contribution in [3.8, 4) is 11.8 Å². The van der Waals surface area contributed by atoms with Gasteiger partial charge >= 0.3 is 6.36 Å². The van der Waals surface area contributed by atoms with E-state index in [-0.39, 0.29) is 11.3 Å². The molecule has 92 valence electrons. The number of rotatable bonds is 3. The molecule has 0 aliphatic carbocycles. The van der Waals surface area contributed by atoms with Crippen molar-refractivity contribution >= 4 is 0 Å². The normalized spacial score (nSPS) is 13.2. The van der Waals surface area contributed by atoms with E-state index in [0.717, 1.165) is 0 Å². The van der Waals surface area contributed by atoms with Gasteiger partial charge in [-0.25, -0.2) is 0 Å². The van der Waals surface area contributed by atoms with Crippen LogP contribution in [0.15, 0.2) is 24.3 Å². The van der Waals surface area contributed by atoms with Gasteiger partial charge in [-0.05, 0) is 20.2 Å². The molecule has 1 atom stereocenters. The first-order valence-electron chi connectivity index (χ1n) is 4.76. The van der Waals surface area contributed by atoms with Gasteiger partial charge in [0.05, 0.1) is 6.07 Å². The van der Waals surface area contributed by atoms with Gasteiger partial charge in [0.25, 0.3) is 0 Å². The molecule has 0 saturated heterocycles. The van der Waals surface area contributed by atoms with Gasteiger partial charge < -0.3 is 4.74 Å². The molecule has 0 N–H and O–H groups in total. The van der Waals surface area contributed by atoms with Gasteiger partial charge in [-0.3, -0.25) is 4.90 Å². The van der Waals surface area contributed by atoms with Gasteiger partial charge in [-0.2, -0.15) is 5.26 Å². The van der Waals surface area contributed by atoms with E-state index in [1.165, 1.54) is 23.1 Å². The molecule has 1 rings (SSSR count). The van der Waals surface area contributed by atoms with Crippen molar-refractivity contribution in [2.45, 2.75) is 12.4 Å². The average Bonchev–Trinajstić information content (AvgIpc) is 2.18. The Hall–Kier alpha value is -1.74. The van der Waals surface area contributed by atoms with Crippen LogP contribution in [0.25, 0.3) is 0 Å². The third-order valence-electron chi connectivity index (χ3n) is 2.08. The van der Waals surface area contributed by atoms with Crippen molar-refractivity contribution in [1.82, 2.24) is 4.90 Å². The second kappa shape index (κ2) is 5.06. The highest BCUT2D eigenvalue weighted by molar-refractivity contribution is 5.38. The van der Waals surface area contributed by atoms with Crippen molar-refractivity contribution in [2.24, 2.45) is 0 Å². The number of nitrogens with zero attached hydrogens (tertiary/aromatic N) is 2. The zero-order valence-corrected chi connectivity index (χ0v) is 9.32. The Kier molecular flexibility index (Phi) is 3.97. The summed E-state index contributed by atoms with van der Waals surface area (Å²) < 4.78 is 40.4. The fourth-order valence-corrected chi connectivity index (χ4v) is 1.39. The lowest BCUT2D eigenvalue weighted by molar-refractivity contribution is -0.275. The van der Waals surface area contributed by atoms with Gasteiger partial charge in [0.2, 0.25) is 0 Å².